The molecule has 1 fully saturated rings. The van der Waals surface area contributed by atoms with Gasteiger partial charge in [-0.1, -0.05) is 42.6 Å². The van der Waals surface area contributed by atoms with E-state index in [0.717, 1.165) is 74.5 Å². The van der Waals surface area contributed by atoms with E-state index in [4.69, 9.17) is 10.3 Å². The smallest absolute Gasteiger partial charge is 0.302 e. The van der Waals surface area contributed by atoms with Crippen molar-refractivity contribution in [3.8, 4) is 11.5 Å². The van der Waals surface area contributed by atoms with Crippen molar-refractivity contribution >= 4 is 5.97 Å². The van der Waals surface area contributed by atoms with Crippen LogP contribution < -0.4 is 0 Å². The molecule has 184 valence electrons. The average molecular weight is 468 g/mol. The van der Waals surface area contributed by atoms with Crippen LogP contribution in [0, 0.1) is 5.92 Å². The zero-order chi connectivity index (χ0) is 24.7. The van der Waals surface area contributed by atoms with E-state index in [1.54, 1.807) is 0 Å². The number of hydrogen-bond acceptors (Lipinski definition) is 5. The molecule has 0 heterocycles. The molecule has 3 rings (SSSR count). The van der Waals surface area contributed by atoms with Gasteiger partial charge >= 0.3 is 5.97 Å². The first-order valence-corrected chi connectivity index (χ1v) is 12.3. The molecule has 1 aromatic carbocycles. The Labute approximate surface area is 202 Å². The summed E-state index contributed by atoms with van der Waals surface area (Å²) in [7, 11) is 0. The molecule has 0 bridgehead atoms. The Kier molecular flexibility index (Phi) is 8.67. The minimum absolute atomic E-state index is 0.0113. The lowest BCUT2D eigenvalue weighted by molar-refractivity contribution is -0.140. The highest BCUT2D eigenvalue weighted by molar-refractivity contribution is 5.66. The number of rotatable bonds is 11. The monoisotopic (exact) mass is 467 g/mol. The Hall–Kier alpha value is -2.92. The maximum atomic E-state index is 11.3. The van der Waals surface area contributed by atoms with Crippen molar-refractivity contribution in [2.45, 2.75) is 83.0 Å². The summed E-state index contributed by atoms with van der Waals surface area (Å²) in [4.78, 5) is 14.1. The summed E-state index contributed by atoms with van der Waals surface area (Å²) < 4.78 is 5.20. The van der Waals surface area contributed by atoms with Gasteiger partial charge in [-0.25, -0.2) is 0 Å². The van der Waals surface area contributed by atoms with Crippen molar-refractivity contribution in [3.63, 3.8) is 0 Å². The summed E-state index contributed by atoms with van der Waals surface area (Å²) in [6, 6.07) is 3.69. The summed E-state index contributed by atoms with van der Waals surface area (Å²) in [6.07, 6.45) is 10.8. The highest BCUT2D eigenvalue weighted by Crippen LogP contribution is 2.52. The number of benzene rings is 1. The fourth-order valence-electron chi connectivity index (χ4n) is 5.55. The predicted molar refractivity (Wildman–Crippen MR) is 133 cm³/mol. The highest BCUT2D eigenvalue weighted by Gasteiger charge is 2.40. The van der Waals surface area contributed by atoms with Crippen LogP contribution in [0.4, 0.5) is 0 Å². The van der Waals surface area contributed by atoms with Gasteiger partial charge in [0.15, 0.2) is 0 Å². The molecule has 1 aromatic rings. The Morgan fingerprint density at radius 1 is 1.24 bits per heavy atom. The van der Waals surface area contributed by atoms with Crippen molar-refractivity contribution in [3.05, 3.63) is 57.5 Å². The molecule has 0 aliphatic heterocycles. The SMILES string of the molecule is C=C(C)[C@H]1CCC(COC(C)=O)=C[C@@H]1c1c(O)cc(C2(CCCCCN=[N+]=[N-])CCC2)cc1O. The van der Waals surface area contributed by atoms with Crippen molar-refractivity contribution < 1.29 is 19.7 Å². The van der Waals surface area contributed by atoms with Crippen LogP contribution in [0.25, 0.3) is 10.4 Å². The number of phenols is 2. The molecular weight excluding hydrogens is 430 g/mol. The van der Waals surface area contributed by atoms with Gasteiger partial charge < -0.3 is 14.9 Å². The third-order valence-corrected chi connectivity index (χ3v) is 7.59. The molecule has 2 aliphatic carbocycles. The molecule has 7 nitrogen and oxygen atoms in total. The van der Waals surface area contributed by atoms with Crippen LogP contribution in [-0.2, 0) is 14.9 Å². The van der Waals surface area contributed by atoms with Crippen LogP contribution in [0.5, 0.6) is 11.5 Å². The van der Waals surface area contributed by atoms with Crippen molar-refractivity contribution in [2.75, 3.05) is 13.2 Å². The summed E-state index contributed by atoms with van der Waals surface area (Å²) >= 11 is 0. The molecule has 0 aromatic heterocycles. The molecule has 1 saturated carbocycles. The van der Waals surface area contributed by atoms with E-state index in [-0.39, 0.29) is 41.3 Å². The van der Waals surface area contributed by atoms with Gasteiger partial charge in [0, 0.05) is 29.9 Å². The van der Waals surface area contributed by atoms with E-state index >= 15 is 0 Å². The Balaban J connectivity index is 1.84. The number of esters is 1. The molecule has 2 aliphatic rings. The predicted octanol–water partition coefficient (Wildman–Crippen LogP) is 6.95. The number of unbranched alkanes of at least 4 members (excludes halogenated alkanes) is 2. The standard InChI is InChI=1S/C27H37N3O4/c1-18(2)22-9-8-20(17-34-19(3)31)14-23(22)26-24(32)15-21(16-25(26)33)27(11-7-12-27)10-5-4-6-13-29-30-28/h14-16,22-23,32-33H,1,4-13,17H2,2-3H3/t22-,23+/m1/s1. The molecule has 0 amide bonds. The number of carbonyl (C=O) groups excluding carboxylic acids is 1. The largest absolute Gasteiger partial charge is 0.507 e. The van der Waals surface area contributed by atoms with E-state index < -0.39 is 0 Å². The number of hydrogen-bond donors (Lipinski definition) is 2. The average Bonchev–Trinajstić information content (AvgIpc) is 2.75. The molecule has 0 spiro atoms. The highest BCUT2D eigenvalue weighted by atomic mass is 16.5. The number of carbonyl (C=O) groups is 1. The zero-order valence-electron chi connectivity index (χ0n) is 20.4. The number of azide groups is 1. The minimum Gasteiger partial charge on any atom is -0.507 e. The van der Waals surface area contributed by atoms with E-state index in [1.807, 2.05) is 25.1 Å². The van der Waals surface area contributed by atoms with E-state index in [2.05, 4.69) is 16.6 Å². The summed E-state index contributed by atoms with van der Waals surface area (Å²) in [5.74, 6) is -0.212. The van der Waals surface area contributed by atoms with Crippen LogP contribution in [0.1, 0.15) is 88.7 Å². The fourth-order valence-corrected chi connectivity index (χ4v) is 5.55. The number of phenolic OH excluding ortho intramolecular Hbond substituents is 2. The van der Waals surface area contributed by atoms with Crippen LogP contribution in [-0.4, -0.2) is 29.3 Å². The zero-order valence-corrected chi connectivity index (χ0v) is 20.4. The van der Waals surface area contributed by atoms with Gasteiger partial charge in [-0.15, -0.1) is 0 Å². The second-order valence-corrected chi connectivity index (χ2v) is 9.95. The molecule has 0 radical (unpaired) electrons. The molecule has 2 atom stereocenters. The van der Waals surface area contributed by atoms with Gasteiger partial charge in [-0.3, -0.25) is 4.79 Å². The van der Waals surface area contributed by atoms with Crippen LogP contribution >= 0.6 is 0 Å². The lowest BCUT2D eigenvalue weighted by Crippen LogP contribution is -2.34. The molecule has 34 heavy (non-hydrogen) atoms. The topological polar surface area (TPSA) is 116 Å². The minimum atomic E-state index is -0.321. The fraction of sp³-hybridized carbons (Fsp3) is 0.593. The van der Waals surface area contributed by atoms with Gasteiger partial charge in [0.05, 0.1) is 0 Å². The van der Waals surface area contributed by atoms with E-state index in [0.29, 0.717) is 12.1 Å². The van der Waals surface area contributed by atoms with E-state index in [1.165, 1.54) is 6.92 Å². The Bertz CT molecular complexity index is 967. The molecule has 0 saturated heterocycles. The summed E-state index contributed by atoms with van der Waals surface area (Å²) in [5.41, 5.74) is 11.9. The van der Waals surface area contributed by atoms with E-state index in [9.17, 15) is 15.0 Å². The second kappa shape index (κ2) is 11.5. The van der Waals surface area contributed by atoms with Gasteiger partial charge in [0.1, 0.15) is 18.1 Å². The quantitative estimate of drug-likeness (QED) is 0.0914. The maximum Gasteiger partial charge on any atom is 0.302 e. The second-order valence-electron chi connectivity index (χ2n) is 9.95. The van der Waals surface area contributed by atoms with Gasteiger partial charge in [0.2, 0.25) is 0 Å². The normalized spacial score (nSPS) is 21.1. The molecule has 0 unspecified atom stereocenters. The first-order chi connectivity index (χ1) is 16.3. The van der Waals surface area contributed by atoms with Gasteiger partial charge in [-0.05, 0) is 85.6 Å². The first kappa shape index (κ1) is 25.7. The molecular formula is C27H37N3O4. The Morgan fingerprint density at radius 2 is 1.94 bits per heavy atom. The number of nitrogens with zero attached hydrogens (tertiary/aromatic N) is 3. The number of aromatic hydroxyl groups is 2. The Morgan fingerprint density at radius 3 is 2.50 bits per heavy atom. The lowest BCUT2D eigenvalue weighted by atomic mass is 9.61. The van der Waals surface area contributed by atoms with Crippen LogP contribution in [0.15, 0.2) is 41.0 Å². The molecule has 2 N–H and O–H groups in total. The summed E-state index contributed by atoms with van der Waals surface area (Å²) in [5, 5.41) is 25.9. The maximum absolute atomic E-state index is 11.3. The van der Waals surface area contributed by atoms with Crippen molar-refractivity contribution in [1.82, 2.24) is 0 Å². The number of ether oxygens (including phenoxy) is 1. The lowest BCUT2D eigenvalue weighted by Gasteiger charge is -2.43. The van der Waals surface area contributed by atoms with Crippen molar-refractivity contribution in [1.29, 1.82) is 0 Å². The van der Waals surface area contributed by atoms with Crippen LogP contribution in [0.2, 0.25) is 0 Å². The van der Waals surface area contributed by atoms with Crippen LogP contribution in [0.3, 0.4) is 0 Å². The summed E-state index contributed by atoms with van der Waals surface area (Å²) in [6.45, 7) is 8.28. The first-order valence-electron chi connectivity index (χ1n) is 12.3. The number of allylic oxidation sites excluding steroid dienone is 2. The molecule has 7 heteroatoms. The van der Waals surface area contributed by atoms with Gasteiger partial charge in [0.25, 0.3) is 0 Å². The third kappa shape index (κ3) is 5.95. The van der Waals surface area contributed by atoms with Crippen molar-refractivity contribution in [2.24, 2.45) is 11.0 Å². The van der Waals surface area contributed by atoms with Gasteiger partial charge in [-0.2, -0.15) is 0 Å². The third-order valence-electron chi connectivity index (χ3n) is 7.59.